The van der Waals surface area contributed by atoms with Gasteiger partial charge in [0.15, 0.2) is 0 Å². The lowest BCUT2D eigenvalue weighted by atomic mass is 10.0. The molecule has 0 aromatic rings. The number of hydrogen-bond acceptors (Lipinski definition) is 3. The number of esters is 1. The molecule has 1 N–H and O–H groups in total. The Morgan fingerprint density at radius 3 is 1.25 bits per heavy atom. The van der Waals surface area contributed by atoms with E-state index in [0.717, 1.165) is 38.5 Å². The molecule has 1 unspecified atom stereocenters. The minimum atomic E-state index is -0.231. The first kappa shape index (κ1) is 35.4. The molecule has 0 fully saturated rings. The quantitative estimate of drug-likeness (QED) is 0.0772. The van der Waals surface area contributed by atoms with Gasteiger partial charge >= 0.3 is 5.97 Å². The largest absolute Gasteiger partial charge is 0.466 e. The number of aliphatic hydroxyl groups is 1. The molecule has 0 bridgehead atoms. The minimum Gasteiger partial charge on any atom is -0.466 e. The molecule has 0 aliphatic carbocycles. The Kier molecular flexibility index (Phi) is 30.2. The fraction of sp³-hybridized carbons (Fsp3) is 0.970. The van der Waals surface area contributed by atoms with Gasteiger partial charge in [0.25, 0.3) is 0 Å². The Balaban J connectivity index is 3.21. The molecular formula is C33H66O3. The van der Waals surface area contributed by atoms with Crippen molar-refractivity contribution < 1.29 is 14.6 Å². The molecule has 0 saturated carbocycles. The molecule has 0 radical (unpaired) electrons. The third-order valence-corrected chi connectivity index (χ3v) is 7.57. The smallest absolute Gasteiger partial charge is 0.305 e. The Morgan fingerprint density at radius 2 is 0.833 bits per heavy atom. The van der Waals surface area contributed by atoms with Gasteiger partial charge in [0.1, 0.15) is 0 Å². The van der Waals surface area contributed by atoms with Gasteiger partial charge in [-0.15, -0.1) is 0 Å². The third-order valence-electron chi connectivity index (χ3n) is 7.57. The summed E-state index contributed by atoms with van der Waals surface area (Å²) in [7, 11) is 0. The average molecular weight is 511 g/mol. The predicted molar refractivity (Wildman–Crippen MR) is 158 cm³/mol. The van der Waals surface area contributed by atoms with Gasteiger partial charge < -0.3 is 9.84 Å². The lowest BCUT2D eigenvalue weighted by Crippen LogP contribution is -2.10. The van der Waals surface area contributed by atoms with Crippen molar-refractivity contribution in [2.45, 2.75) is 200 Å². The summed E-state index contributed by atoms with van der Waals surface area (Å²) in [5.74, 6) is -0.0592. The molecule has 1 atom stereocenters. The van der Waals surface area contributed by atoms with E-state index in [1.807, 2.05) is 0 Å². The maximum atomic E-state index is 11.9. The summed E-state index contributed by atoms with van der Waals surface area (Å²) in [6.07, 6.45) is 34.9. The third kappa shape index (κ3) is 29.7. The van der Waals surface area contributed by atoms with E-state index in [1.54, 1.807) is 0 Å². The van der Waals surface area contributed by atoms with Crippen LogP contribution in [0, 0.1) is 0 Å². The molecule has 0 rings (SSSR count). The summed E-state index contributed by atoms with van der Waals surface area (Å²) in [5.41, 5.74) is 0. The van der Waals surface area contributed by atoms with Gasteiger partial charge in [-0.25, -0.2) is 0 Å². The predicted octanol–water partition coefficient (Wildman–Crippen LogP) is 10.9. The van der Waals surface area contributed by atoms with Crippen LogP contribution in [-0.4, -0.2) is 23.8 Å². The second kappa shape index (κ2) is 30.7. The van der Waals surface area contributed by atoms with Gasteiger partial charge in [-0.2, -0.15) is 0 Å². The Bertz CT molecular complexity index is 423. The molecule has 0 aromatic heterocycles. The van der Waals surface area contributed by atoms with Crippen LogP contribution in [0.4, 0.5) is 0 Å². The maximum absolute atomic E-state index is 11.9. The van der Waals surface area contributed by atoms with Crippen LogP contribution in [0.15, 0.2) is 0 Å². The SMILES string of the molecule is CCCCCCCCCCCCCCCCCCCCCC(=O)OCCCC(O)CCCCCCC. The van der Waals surface area contributed by atoms with E-state index >= 15 is 0 Å². The molecule has 0 aliphatic rings. The van der Waals surface area contributed by atoms with Crippen molar-refractivity contribution in [1.29, 1.82) is 0 Å². The number of carbonyl (C=O) groups excluding carboxylic acids is 1. The van der Waals surface area contributed by atoms with Gasteiger partial charge in [0.2, 0.25) is 0 Å². The van der Waals surface area contributed by atoms with Gasteiger partial charge in [-0.3, -0.25) is 4.79 Å². The van der Waals surface area contributed by atoms with E-state index in [2.05, 4.69) is 13.8 Å². The highest BCUT2D eigenvalue weighted by Gasteiger charge is 2.06. The van der Waals surface area contributed by atoms with Crippen LogP contribution < -0.4 is 0 Å². The Labute approximate surface area is 226 Å². The fourth-order valence-corrected chi connectivity index (χ4v) is 5.05. The van der Waals surface area contributed by atoms with Crippen LogP contribution in [0.25, 0.3) is 0 Å². The Morgan fingerprint density at radius 1 is 0.500 bits per heavy atom. The zero-order chi connectivity index (χ0) is 26.4. The van der Waals surface area contributed by atoms with E-state index in [4.69, 9.17) is 4.74 Å². The molecule has 3 heteroatoms. The summed E-state index contributed by atoms with van der Waals surface area (Å²) in [4.78, 5) is 11.9. The molecule has 0 saturated heterocycles. The second-order valence-electron chi connectivity index (χ2n) is 11.3. The van der Waals surface area contributed by atoms with E-state index in [0.29, 0.717) is 13.0 Å². The molecule has 0 aromatic carbocycles. The highest BCUT2D eigenvalue weighted by molar-refractivity contribution is 5.69. The summed E-state index contributed by atoms with van der Waals surface area (Å²) in [6, 6.07) is 0. The van der Waals surface area contributed by atoms with Crippen LogP contribution in [0.1, 0.15) is 194 Å². The van der Waals surface area contributed by atoms with E-state index < -0.39 is 0 Å². The number of rotatable bonds is 30. The highest BCUT2D eigenvalue weighted by atomic mass is 16.5. The number of unbranched alkanes of at least 4 members (excludes halogenated alkanes) is 22. The van der Waals surface area contributed by atoms with Crippen molar-refractivity contribution in [3.63, 3.8) is 0 Å². The van der Waals surface area contributed by atoms with Gasteiger partial charge in [-0.05, 0) is 25.7 Å². The summed E-state index contributed by atoms with van der Waals surface area (Å²) >= 11 is 0. The maximum Gasteiger partial charge on any atom is 0.305 e. The highest BCUT2D eigenvalue weighted by Crippen LogP contribution is 2.15. The number of aliphatic hydroxyl groups excluding tert-OH is 1. The van der Waals surface area contributed by atoms with Crippen LogP contribution in [0.5, 0.6) is 0 Å². The molecule has 216 valence electrons. The molecule has 0 amide bonds. The van der Waals surface area contributed by atoms with Gasteiger partial charge in [-0.1, -0.05) is 162 Å². The molecule has 36 heavy (non-hydrogen) atoms. The summed E-state index contributed by atoms with van der Waals surface area (Å²) in [5, 5.41) is 10.0. The van der Waals surface area contributed by atoms with Crippen LogP contribution >= 0.6 is 0 Å². The minimum absolute atomic E-state index is 0.0592. The van der Waals surface area contributed by atoms with E-state index in [1.165, 1.54) is 135 Å². The normalized spacial score (nSPS) is 12.2. The molecule has 0 heterocycles. The first-order valence-electron chi connectivity index (χ1n) is 16.5. The van der Waals surface area contributed by atoms with E-state index in [-0.39, 0.29) is 12.1 Å². The molecule has 0 aliphatic heterocycles. The van der Waals surface area contributed by atoms with Crippen molar-refractivity contribution in [3.8, 4) is 0 Å². The Hall–Kier alpha value is -0.570. The van der Waals surface area contributed by atoms with Crippen molar-refractivity contribution in [2.75, 3.05) is 6.61 Å². The van der Waals surface area contributed by atoms with Crippen molar-refractivity contribution in [2.24, 2.45) is 0 Å². The van der Waals surface area contributed by atoms with Gasteiger partial charge in [0.05, 0.1) is 12.7 Å². The van der Waals surface area contributed by atoms with Gasteiger partial charge in [0, 0.05) is 6.42 Å². The van der Waals surface area contributed by atoms with Crippen LogP contribution in [0.3, 0.4) is 0 Å². The molecule has 3 nitrogen and oxygen atoms in total. The molecule has 0 spiro atoms. The zero-order valence-corrected chi connectivity index (χ0v) is 24.8. The van der Waals surface area contributed by atoms with Crippen molar-refractivity contribution >= 4 is 5.97 Å². The van der Waals surface area contributed by atoms with Crippen LogP contribution in [-0.2, 0) is 9.53 Å². The molecular weight excluding hydrogens is 444 g/mol. The van der Waals surface area contributed by atoms with Crippen LogP contribution in [0.2, 0.25) is 0 Å². The van der Waals surface area contributed by atoms with E-state index in [9.17, 15) is 9.90 Å². The fourth-order valence-electron chi connectivity index (χ4n) is 5.05. The topological polar surface area (TPSA) is 46.5 Å². The monoisotopic (exact) mass is 511 g/mol. The average Bonchev–Trinajstić information content (AvgIpc) is 2.88. The first-order valence-corrected chi connectivity index (χ1v) is 16.5. The number of carbonyl (C=O) groups is 1. The standard InChI is InChI=1S/C33H66O3/c1-3-5-7-9-10-11-12-13-14-15-16-17-18-19-20-21-22-24-26-30-33(35)36-31-27-29-32(34)28-25-23-8-6-4-2/h32,34H,3-31H2,1-2H3. The second-order valence-corrected chi connectivity index (χ2v) is 11.3. The zero-order valence-electron chi connectivity index (χ0n) is 24.8. The first-order chi connectivity index (χ1) is 17.7. The number of ether oxygens (including phenoxy) is 1. The lowest BCUT2D eigenvalue weighted by Gasteiger charge is -2.10. The lowest BCUT2D eigenvalue weighted by molar-refractivity contribution is -0.144. The van der Waals surface area contributed by atoms with Crippen molar-refractivity contribution in [1.82, 2.24) is 0 Å². The summed E-state index contributed by atoms with van der Waals surface area (Å²) < 4.78 is 5.34. The van der Waals surface area contributed by atoms with Crippen molar-refractivity contribution in [3.05, 3.63) is 0 Å². The number of hydrogen-bond donors (Lipinski definition) is 1. The summed E-state index contributed by atoms with van der Waals surface area (Å²) in [6.45, 7) is 4.97.